The van der Waals surface area contributed by atoms with E-state index in [4.69, 9.17) is 5.11 Å². The van der Waals surface area contributed by atoms with E-state index in [1.165, 1.54) is 0 Å². The highest BCUT2D eigenvalue weighted by Crippen LogP contribution is 2.25. The highest BCUT2D eigenvalue weighted by Gasteiger charge is 2.40. The van der Waals surface area contributed by atoms with E-state index >= 15 is 0 Å². The number of amides is 1. The molecule has 1 saturated heterocycles. The maximum atomic E-state index is 12.5. The fraction of sp³-hybridized carbons (Fsp3) is 0.929. The molecule has 1 aliphatic rings. The highest BCUT2D eigenvalue weighted by molar-refractivity contribution is 5.87. The number of aliphatic hydroxyl groups is 1. The van der Waals surface area contributed by atoms with E-state index in [0.29, 0.717) is 12.3 Å². The van der Waals surface area contributed by atoms with Crippen molar-refractivity contribution in [1.29, 1.82) is 0 Å². The van der Waals surface area contributed by atoms with Crippen LogP contribution in [0.5, 0.6) is 0 Å². The van der Waals surface area contributed by atoms with Crippen LogP contribution in [-0.2, 0) is 4.79 Å². The fourth-order valence-electron chi connectivity index (χ4n) is 2.77. The molecule has 1 rings (SSSR count). The minimum Gasteiger partial charge on any atom is -0.396 e. The van der Waals surface area contributed by atoms with Gasteiger partial charge in [-0.3, -0.25) is 4.79 Å². The molecule has 0 saturated carbocycles. The Morgan fingerprint density at radius 3 is 2.67 bits per heavy atom. The number of carbonyl (C=O) groups is 1. The lowest BCUT2D eigenvalue weighted by Crippen LogP contribution is -2.56. The summed E-state index contributed by atoms with van der Waals surface area (Å²) < 4.78 is 0. The van der Waals surface area contributed by atoms with Crippen molar-refractivity contribution in [1.82, 2.24) is 10.6 Å². The van der Waals surface area contributed by atoms with Crippen molar-refractivity contribution < 1.29 is 9.90 Å². The maximum Gasteiger partial charge on any atom is 0.240 e. The highest BCUT2D eigenvalue weighted by atomic mass is 16.3. The lowest BCUT2D eigenvalue weighted by Gasteiger charge is -2.31. The summed E-state index contributed by atoms with van der Waals surface area (Å²) in [5.74, 6) is 0.468. The molecule has 1 heterocycles. The van der Waals surface area contributed by atoms with Gasteiger partial charge in [0.2, 0.25) is 5.91 Å². The molecule has 1 fully saturated rings. The molecule has 18 heavy (non-hydrogen) atoms. The van der Waals surface area contributed by atoms with E-state index in [9.17, 15) is 4.79 Å². The molecule has 106 valence electrons. The van der Waals surface area contributed by atoms with Gasteiger partial charge in [-0.1, -0.05) is 27.2 Å². The Morgan fingerprint density at radius 2 is 2.22 bits per heavy atom. The van der Waals surface area contributed by atoms with Gasteiger partial charge in [-0.15, -0.1) is 0 Å². The predicted octanol–water partition coefficient (Wildman–Crippen LogP) is 1.43. The first kappa shape index (κ1) is 15.4. The van der Waals surface area contributed by atoms with Crippen LogP contribution in [0.4, 0.5) is 0 Å². The molecule has 0 spiro atoms. The molecular weight excluding hydrogens is 228 g/mol. The summed E-state index contributed by atoms with van der Waals surface area (Å²) in [5, 5.41) is 15.6. The maximum absolute atomic E-state index is 12.5. The Balaban J connectivity index is 2.65. The van der Waals surface area contributed by atoms with Crippen molar-refractivity contribution in [3.05, 3.63) is 0 Å². The monoisotopic (exact) mass is 256 g/mol. The van der Waals surface area contributed by atoms with Crippen molar-refractivity contribution in [2.45, 2.75) is 64.5 Å². The SMILES string of the molecule is CCCC1(C(=O)NC(CCO)C(C)C)CCCN1. The Hall–Kier alpha value is -0.610. The number of hydrogen-bond donors (Lipinski definition) is 3. The zero-order valence-corrected chi connectivity index (χ0v) is 12.0. The molecule has 1 aliphatic heterocycles. The van der Waals surface area contributed by atoms with E-state index in [0.717, 1.165) is 32.2 Å². The predicted molar refractivity (Wildman–Crippen MR) is 73.3 cm³/mol. The van der Waals surface area contributed by atoms with Gasteiger partial charge in [-0.05, 0) is 38.1 Å². The average Bonchev–Trinajstić information content (AvgIpc) is 2.78. The second kappa shape index (κ2) is 7.10. The molecule has 0 aromatic carbocycles. The standard InChI is InChI=1S/C14H28N2O2/c1-4-7-14(8-5-9-15-14)13(18)16-12(6-10-17)11(2)3/h11-12,15,17H,4-10H2,1-3H3,(H,16,18). The van der Waals surface area contributed by atoms with E-state index in [-0.39, 0.29) is 24.1 Å². The van der Waals surface area contributed by atoms with Gasteiger partial charge >= 0.3 is 0 Å². The molecule has 0 aromatic rings. The van der Waals surface area contributed by atoms with Gasteiger partial charge in [0.15, 0.2) is 0 Å². The molecular formula is C14H28N2O2. The van der Waals surface area contributed by atoms with Crippen LogP contribution in [0.15, 0.2) is 0 Å². The third-order valence-corrected chi connectivity index (χ3v) is 3.92. The zero-order valence-electron chi connectivity index (χ0n) is 12.0. The van der Waals surface area contributed by atoms with E-state index in [2.05, 4.69) is 31.4 Å². The topological polar surface area (TPSA) is 61.4 Å². The minimum absolute atomic E-state index is 0.0682. The molecule has 2 atom stereocenters. The van der Waals surface area contributed by atoms with Crippen molar-refractivity contribution in [2.75, 3.05) is 13.2 Å². The van der Waals surface area contributed by atoms with Crippen LogP contribution in [-0.4, -0.2) is 35.7 Å². The summed E-state index contributed by atoms with van der Waals surface area (Å²) in [6, 6.07) is 0.0682. The number of aliphatic hydroxyl groups excluding tert-OH is 1. The molecule has 0 radical (unpaired) electrons. The lowest BCUT2D eigenvalue weighted by molar-refractivity contribution is -0.128. The van der Waals surface area contributed by atoms with Gasteiger partial charge in [-0.25, -0.2) is 0 Å². The second-order valence-electron chi connectivity index (χ2n) is 5.70. The summed E-state index contributed by atoms with van der Waals surface area (Å²) in [6.45, 7) is 7.32. The zero-order chi connectivity index (χ0) is 13.6. The smallest absolute Gasteiger partial charge is 0.240 e. The van der Waals surface area contributed by atoms with Crippen LogP contribution in [0.2, 0.25) is 0 Å². The first-order valence-corrected chi connectivity index (χ1v) is 7.22. The van der Waals surface area contributed by atoms with Crippen molar-refractivity contribution in [3.8, 4) is 0 Å². The number of nitrogens with one attached hydrogen (secondary N) is 2. The first-order valence-electron chi connectivity index (χ1n) is 7.22. The molecule has 2 unspecified atom stereocenters. The summed E-state index contributed by atoms with van der Waals surface area (Å²) in [4.78, 5) is 12.5. The largest absolute Gasteiger partial charge is 0.396 e. The molecule has 4 heteroatoms. The molecule has 4 nitrogen and oxygen atoms in total. The molecule has 0 bridgehead atoms. The van der Waals surface area contributed by atoms with Crippen molar-refractivity contribution in [3.63, 3.8) is 0 Å². The molecule has 0 aromatic heterocycles. The quantitative estimate of drug-likeness (QED) is 0.646. The van der Waals surface area contributed by atoms with Crippen LogP contribution in [0, 0.1) is 5.92 Å². The second-order valence-corrected chi connectivity index (χ2v) is 5.70. The summed E-state index contributed by atoms with van der Waals surface area (Å²) >= 11 is 0. The van der Waals surface area contributed by atoms with E-state index in [1.807, 2.05) is 0 Å². The van der Waals surface area contributed by atoms with Crippen molar-refractivity contribution >= 4 is 5.91 Å². The van der Waals surface area contributed by atoms with Gasteiger partial charge in [-0.2, -0.15) is 0 Å². The van der Waals surface area contributed by atoms with E-state index < -0.39 is 0 Å². The van der Waals surface area contributed by atoms with Gasteiger partial charge in [0.1, 0.15) is 0 Å². The molecule has 3 N–H and O–H groups in total. The third-order valence-electron chi connectivity index (χ3n) is 3.92. The Labute approximate surface area is 111 Å². The normalized spacial score (nSPS) is 25.4. The Bertz CT molecular complexity index is 261. The number of rotatable bonds is 7. The van der Waals surface area contributed by atoms with Crippen LogP contribution < -0.4 is 10.6 Å². The lowest BCUT2D eigenvalue weighted by atomic mass is 9.89. The van der Waals surface area contributed by atoms with Crippen LogP contribution in [0.25, 0.3) is 0 Å². The minimum atomic E-state index is -0.364. The van der Waals surface area contributed by atoms with Gasteiger partial charge in [0.05, 0.1) is 5.54 Å². The Morgan fingerprint density at radius 1 is 1.50 bits per heavy atom. The van der Waals surface area contributed by atoms with Gasteiger partial charge in [0, 0.05) is 12.6 Å². The van der Waals surface area contributed by atoms with Crippen LogP contribution >= 0.6 is 0 Å². The van der Waals surface area contributed by atoms with Gasteiger partial charge in [0.25, 0.3) is 0 Å². The van der Waals surface area contributed by atoms with Crippen molar-refractivity contribution in [2.24, 2.45) is 5.92 Å². The number of carbonyl (C=O) groups excluding carboxylic acids is 1. The fourth-order valence-corrected chi connectivity index (χ4v) is 2.77. The first-order chi connectivity index (χ1) is 8.55. The Kier molecular flexibility index (Phi) is 6.09. The molecule has 1 amide bonds. The molecule has 0 aliphatic carbocycles. The summed E-state index contributed by atoms with van der Waals surface area (Å²) in [7, 11) is 0. The van der Waals surface area contributed by atoms with Gasteiger partial charge < -0.3 is 15.7 Å². The van der Waals surface area contributed by atoms with Crippen LogP contribution in [0.3, 0.4) is 0 Å². The summed E-state index contributed by atoms with van der Waals surface area (Å²) in [5.41, 5.74) is -0.364. The average molecular weight is 256 g/mol. The van der Waals surface area contributed by atoms with E-state index in [1.54, 1.807) is 0 Å². The summed E-state index contributed by atoms with van der Waals surface area (Å²) in [6.07, 6.45) is 4.53. The number of hydrogen-bond acceptors (Lipinski definition) is 3. The van der Waals surface area contributed by atoms with Crippen LogP contribution in [0.1, 0.15) is 52.9 Å². The third kappa shape index (κ3) is 3.69.